The zero-order chi connectivity index (χ0) is 14.5. The van der Waals surface area contributed by atoms with Gasteiger partial charge in [0.05, 0.1) is 6.10 Å². The molecule has 21 heavy (non-hydrogen) atoms. The van der Waals surface area contributed by atoms with Gasteiger partial charge in [-0.05, 0) is 44.6 Å². The van der Waals surface area contributed by atoms with Crippen molar-refractivity contribution >= 4 is 5.91 Å². The molecule has 1 aromatic heterocycles. The van der Waals surface area contributed by atoms with Crippen LogP contribution >= 0.6 is 0 Å². The number of rotatable bonds is 4. The number of carbonyl (C=O) groups excluding carboxylic acids is 1. The van der Waals surface area contributed by atoms with E-state index >= 15 is 0 Å². The lowest BCUT2D eigenvalue weighted by molar-refractivity contribution is -0.133. The first-order chi connectivity index (χ1) is 10.3. The number of H-pyrrole nitrogens is 1. The van der Waals surface area contributed by atoms with Crippen molar-refractivity contribution in [1.82, 2.24) is 15.1 Å². The van der Waals surface area contributed by atoms with Gasteiger partial charge in [0.2, 0.25) is 5.91 Å². The largest absolute Gasteiger partial charge is 0.378 e. The molecule has 0 bridgehead atoms. The van der Waals surface area contributed by atoms with Crippen molar-refractivity contribution < 1.29 is 9.53 Å². The van der Waals surface area contributed by atoms with Crippen molar-refractivity contribution in [2.24, 2.45) is 0 Å². The number of carbonyl (C=O) groups is 1. The highest BCUT2D eigenvalue weighted by Gasteiger charge is 2.26. The zero-order valence-electron chi connectivity index (χ0n) is 12.6. The van der Waals surface area contributed by atoms with Crippen LogP contribution in [0, 0.1) is 0 Å². The number of piperidine rings is 1. The van der Waals surface area contributed by atoms with Crippen LogP contribution in [0.25, 0.3) is 0 Å². The van der Waals surface area contributed by atoms with E-state index in [-0.39, 0.29) is 5.91 Å². The standard InChI is InChI=1S/C16H25N3O2/c20-16(7-6-14-5-1-2-11-21-14)19-10-3-4-13(12-19)15-8-9-17-18-15/h8-9,13-14H,1-7,10-12H2,(H,17,18)/t13-,14-/m1/s1. The lowest BCUT2D eigenvalue weighted by Crippen LogP contribution is -2.39. The zero-order valence-corrected chi connectivity index (χ0v) is 12.6. The molecule has 1 N–H and O–H groups in total. The number of amides is 1. The number of aromatic amines is 1. The van der Waals surface area contributed by atoms with Crippen LogP contribution in [0.4, 0.5) is 0 Å². The molecule has 2 atom stereocenters. The minimum absolute atomic E-state index is 0.286. The number of likely N-dealkylation sites (tertiary alicyclic amines) is 1. The van der Waals surface area contributed by atoms with Gasteiger partial charge in [0.15, 0.2) is 0 Å². The van der Waals surface area contributed by atoms with Crippen LogP contribution in [-0.4, -0.2) is 46.8 Å². The molecule has 0 radical (unpaired) electrons. The molecule has 0 aliphatic carbocycles. The average Bonchev–Trinajstić information content (AvgIpc) is 3.08. The van der Waals surface area contributed by atoms with Crippen LogP contribution in [0.5, 0.6) is 0 Å². The second kappa shape index (κ2) is 7.07. The molecular weight excluding hydrogens is 266 g/mol. The Kier molecular flexibility index (Phi) is 4.91. The maximum Gasteiger partial charge on any atom is 0.222 e. The van der Waals surface area contributed by atoms with Gasteiger partial charge in [0.1, 0.15) is 0 Å². The first-order valence-corrected chi connectivity index (χ1v) is 8.21. The Morgan fingerprint density at radius 2 is 2.33 bits per heavy atom. The SMILES string of the molecule is O=C(CC[C@H]1CCCCO1)N1CCC[C@@H](c2ccn[nH]2)C1. The Hall–Kier alpha value is -1.36. The van der Waals surface area contributed by atoms with Crippen LogP contribution in [0.2, 0.25) is 0 Å². The summed E-state index contributed by atoms with van der Waals surface area (Å²) in [6.07, 6.45) is 9.33. The molecule has 116 valence electrons. The van der Waals surface area contributed by atoms with Gasteiger partial charge in [0.25, 0.3) is 0 Å². The first kappa shape index (κ1) is 14.6. The predicted molar refractivity (Wildman–Crippen MR) is 80.0 cm³/mol. The van der Waals surface area contributed by atoms with Crippen molar-refractivity contribution in [3.63, 3.8) is 0 Å². The lowest BCUT2D eigenvalue weighted by Gasteiger charge is -2.33. The van der Waals surface area contributed by atoms with Gasteiger partial charge < -0.3 is 9.64 Å². The highest BCUT2D eigenvalue weighted by atomic mass is 16.5. The third-order valence-electron chi connectivity index (χ3n) is 4.69. The van der Waals surface area contributed by atoms with Gasteiger partial charge >= 0.3 is 0 Å². The fourth-order valence-corrected chi connectivity index (χ4v) is 3.43. The van der Waals surface area contributed by atoms with Crippen molar-refractivity contribution in [3.05, 3.63) is 18.0 Å². The number of nitrogens with zero attached hydrogens (tertiary/aromatic N) is 2. The molecule has 3 heterocycles. The summed E-state index contributed by atoms with van der Waals surface area (Å²) in [4.78, 5) is 14.4. The molecule has 2 aliphatic heterocycles. The molecule has 2 fully saturated rings. The van der Waals surface area contributed by atoms with Crippen molar-refractivity contribution in [2.45, 2.75) is 57.0 Å². The second-order valence-electron chi connectivity index (χ2n) is 6.22. The van der Waals surface area contributed by atoms with Crippen LogP contribution in [0.3, 0.4) is 0 Å². The number of nitrogens with one attached hydrogen (secondary N) is 1. The third-order valence-corrected chi connectivity index (χ3v) is 4.69. The molecule has 5 heteroatoms. The van der Waals surface area contributed by atoms with E-state index in [0.29, 0.717) is 18.4 Å². The summed E-state index contributed by atoms with van der Waals surface area (Å²) in [6.45, 7) is 2.59. The highest BCUT2D eigenvalue weighted by Crippen LogP contribution is 2.26. The van der Waals surface area contributed by atoms with Gasteiger partial charge in [0, 0.05) is 43.9 Å². The molecule has 3 rings (SSSR count). The number of hydrogen-bond acceptors (Lipinski definition) is 3. The van der Waals surface area contributed by atoms with Gasteiger partial charge in [-0.1, -0.05) is 0 Å². The number of hydrogen-bond donors (Lipinski definition) is 1. The number of ether oxygens (including phenoxy) is 1. The van der Waals surface area contributed by atoms with Crippen LogP contribution in [-0.2, 0) is 9.53 Å². The molecular formula is C16H25N3O2. The average molecular weight is 291 g/mol. The first-order valence-electron chi connectivity index (χ1n) is 8.21. The highest BCUT2D eigenvalue weighted by molar-refractivity contribution is 5.76. The Bertz CT molecular complexity index is 440. The summed E-state index contributed by atoms with van der Waals surface area (Å²) in [5, 5.41) is 7.06. The molecule has 0 unspecified atom stereocenters. The maximum atomic E-state index is 12.4. The third kappa shape index (κ3) is 3.84. The van der Waals surface area contributed by atoms with Crippen molar-refractivity contribution in [2.75, 3.05) is 19.7 Å². The molecule has 0 spiro atoms. The lowest BCUT2D eigenvalue weighted by atomic mass is 9.94. The fraction of sp³-hybridized carbons (Fsp3) is 0.750. The van der Waals surface area contributed by atoms with Gasteiger partial charge in [-0.15, -0.1) is 0 Å². The van der Waals surface area contributed by atoms with Crippen LogP contribution in [0.1, 0.15) is 56.6 Å². The summed E-state index contributed by atoms with van der Waals surface area (Å²) in [6, 6.07) is 2.02. The summed E-state index contributed by atoms with van der Waals surface area (Å²) in [5.74, 6) is 0.699. The Labute approximate surface area is 126 Å². The molecule has 5 nitrogen and oxygen atoms in total. The predicted octanol–water partition coefficient (Wildman–Crippen LogP) is 2.46. The Balaban J connectivity index is 1.47. The summed E-state index contributed by atoms with van der Waals surface area (Å²) in [7, 11) is 0. The molecule has 2 saturated heterocycles. The summed E-state index contributed by atoms with van der Waals surface area (Å²) in [5.41, 5.74) is 1.16. The second-order valence-corrected chi connectivity index (χ2v) is 6.22. The van der Waals surface area contributed by atoms with Gasteiger partial charge in [-0.25, -0.2) is 0 Å². The molecule has 1 amide bonds. The van der Waals surface area contributed by atoms with E-state index in [1.807, 2.05) is 11.0 Å². The monoisotopic (exact) mass is 291 g/mol. The minimum atomic E-state index is 0.286. The topological polar surface area (TPSA) is 58.2 Å². The quantitative estimate of drug-likeness (QED) is 0.927. The van der Waals surface area contributed by atoms with E-state index in [0.717, 1.165) is 51.1 Å². The van der Waals surface area contributed by atoms with E-state index in [1.54, 1.807) is 6.20 Å². The van der Waals surface area contributed by atoms with Gasteiger partial charge in [-0.3, -0.25) is 9.89 Å². The number of aromatic nitrogens is 2. The summed E-state index contributed by atoms with van der Waals surface area (Å²) >= 11 is 0. The van der Waals surface area contributed by atoms with Crippen LogP contribution < -0.4 is 0 Å². The van der Waals surface area contributed by atoms with Crippen LogP contribution in [0.15, 0.2) is 12.3 Å². The van der Waals surface area contributed by atoms with Crippen molar-refractivity contribution in [1.29, 1.82) is 0 Å². The normalized spacial score (nSPS) is 26.8. The van der Waals surface area contributed by atoms with E-state index < -0.39 is 0 Å². The van der Waals surface area contributed by atoms with Crippen molar-refractivity contribution in [3.8, 4) is 0 Å². The minimum Gasteiger partial charge on any atom is -0.378 e. The van der Waals surface area contributed by atoms with E-state index in [4.69, 9.17) is 4.74 Å². The Morgan fingerprint density at radius 1 is 1.38 bits per heavy atom. The molecule has 0 saturated carbocycles. The molecule has 1 aromatic rings. The maximum absolute atomic E-state index is 12.4. The molecule has 2 aliphatic rings. The smallest absolute Gasteiger partial charge is 0.222 e. The van der Waals surface area contributed by atoms with E-state index in [9.17, 15) is 4.79 Å². The molecule has 0 aromatic carbocycles. The summed E-state index contributed by atoms with van der Waals surface area (Å²) < 4.78 is 5.71. The Morgan fingerprint density at radius 3 is 3.10 bits per heavy atom. The van der Waals surface area contributed by atoms with E-state index in [2.05, 4.69) is 10.2 Å². The van der Waals surface area contributed by atoms with Gasteiger partial charge in [-0.2, -0.15) is 5.10 Å². The fourth-order valence-electron chi connectivity index (χ4n) is 3.43. The van der Waals surface area contributed by atoms with E-state index in [1.165, 1.54) is 12.8 Å².